The molecule has 0 unspecified atom stereocenters. The first kappa shape index (κ1) is 25.0. The van der Waals surface area contributed by atoms with Gasteiger partial charge in [-0.2, -0.15) is 13.7 Å². The van der Waals surface area contributed by atoms with Gasteiger partial charge in [0.25, 0.3) is 5.91 Å². The number of aryl methyl sites for hydroxylation is 1. The molecule has 0 atom stereocenters. The Morgan fingerprint density at radius 2 is 1.71 bits per heavy atom. The molecule has 0 spiro atoms. The first-order valence-corrected chi connectivity index (χ1v) is 11.5. The van der Waals surface area contributed by atoms with Crippen molar-refractivity contribution in [3.05, 3.63) is 89.0 Å². The molecule has 10 heteroatoms. The fourth-order valence-electron chi connectivity index (χ4n) is 3.00. The number of carboxylic acids is 1. The van der Waals surface area contributed by atoms with Crippen LogP contribution in [0.25, 0.3) is 6.08 Å². The molecule has 3 rings (SSSR count). The highest BCUT2D eigenvalue weighted by molar-refractivity contribution is 7.87. The van der Waals surface area contributed by atoms with Crippen molar-refractivity contribution in [3.63, 3.8) is 0 Å². The Morgan fingerprint density at radius 1 is 1.03 bits per heavy atom. The largest absolute Gasteiger partial charge is 0.493 e. The van der Waals surface area contributed by atoms with Gasteiger partial charge in [-0.3, -0.25) is 4.79 Å². The van der Waals surface area contributed by atoms with Crippen LogP contribution in [0.1, 0.15) is 21.5 Å². The number of anilines is 1. The molecule has 3 aromatic carbocycles. The summed E-state index contributed by atoms with van der Waals surface area (Å²) in [5, 5.41) is 21.1. The molecule has 9 nitrogen and oxygen atoms in total. The molecule has 1 amide bonds. The van der Waals surface area contributed by atoms with Crippen LogP contribution in [-0.4, -0.2) is 32.5 Å². The summed E-state index contributed by atoms with van der Waals surface area (Å²) < 4.78 is 35.7. The zero-order valence-corrected chi connectivity index (χ0v) is 19.5. The summed E-state index contributed by atoms with van der Waals surface area (Å²) in [5.41, 5.74) is 0.833. The van der Waals surface area contributed by atoms with Crippen LogP contribution in [0, 0.1) is 18.3 Å². The van der Waals surface area contributed by atoms with Crippen LogP contribution in [0.5, 0.6) is 11.5 Å². The Morgan fingerprint density at radius 3 is 2.34 bits per heavy atom. The summed E-state index contributed by atoms with van der Waals surface area (Å²) in [6, 6.07) is 17.9. The number of amides is 1. The first-order valence-electron chi connectivity index (χ1n) is 10.1. The number of rotatable bonds is 8. The van der Waals surface area contributed by atoms with Crippen LogP contribution in [0.3, 0.4) is 0 Å². The molecule has 0 fully saturated rings. The molecule has 0 saturated carbocycles. The molecule has 0 bridgehead atoms. The lowest BCUT2D eigenvalue weighted by molar-refractivity contribution is -0.112. The summed E-state index contributed by atoms with van der Waals surface area (Å²) >= 11 is 0. The van der Waals surface area contributed by atoms with Gasteiger partial charge in [-0.25, -0.2) is 4.79 Å². The van der Waals surface area contributed by atoms with Crippen LogP contribution < -0.4 is 14.2 Å². The molecule has 3 aromatic rings. The Balaban J connectivity index is 1.86. The lowest BCUT2D eigenvalue weighted by Gasteiger charge is -2.12. The molecule has 2 N–H and O–H groups in total. The zero-order chi connectivity index (χ0) is 25.6. The molecular formula is C25H20N2O7S. The fraction of sp³-hybridized carbons (Fsp3) is 0.0800. The quantitative estimate of drug-likeness (QED) is 0.273. The smallest absolute Gasteiger partial charge is 0.339 e. The highest BCUT2D eigenvalue weighted by Gasteiger charge is 2.20. The van der Waals surface area contributed by atoms with Gasteiger partial charge in [0.05, 0.1) is 18.4 Å². The number of carboxylic acid groups (broad SMARTS) is 1. The minimum atomic E-state index is -4.12. The number of carbonyl (C=O) groups excluding carboxylic acids is 1. The summed E-state index contributed by atoms with van der Waals surface area (Å²) in [5.74, 6) is -2.07. The number of ether oxygens (including phenoxy) is 1. The number of carbonyl (C=O) groups is 2. The highest BCUT2D eigenvalue weighted by atomic mass is 32.2. The van der Waals surface area contributed by atoms with Crippen LogP contribution in [0.15, 0.2) is 77.2 Å². The SMILES string of the molecule is COc1cc(C=C(C#N)C(=O)Nc2ccccc2C(=O)O)ccc1OS(=O)(=O)c1ccc(C)cc1. The van der Waals surface area contributed by atoms with Crippen molar-refractivity contribution in [1.29, 1.82) is 5.26 Å². The molecule has 0 aliphatic rings. The highest BCUT2D eigenvalue weighted by Crippen LogP contribution is 2.31. The minimum Gasteiger partial charge on any atom is -0.493 e. The Hall–Kier alpha value is -4.62. The van der Waals surface area contributed by atoms with Crippen molar-refractivity contribution >= 4 is 33.8 Å². The van der Waals surface area contributed by atoms with Crippen molar-refractivity contribution in [1.82, 2.24) is 0 Å². The summed E-state index contributed by atoms with van der Waals surface area (Å²) in [6.07, 6.45) is 1.25. The van der Waals surface area contributed by atoms with E-state index in [2.05, 4.69) is 5.32 Å². The normalized spacial score (nSPS) is 11.3. The van der Waals surface area contributed by atoms with Crippen molar-refractivity contribution in [2.24, 2.45) is 0 Å². The Bertz CT molecular complexity index is 1450. The third-order valence-electron chi connectivity index (χ3n) is 4.78. The third kappa shape index (κ3) is 6.04. The van der Waals surface area contributed by atoms with Gasteiger partial charge in [-0.05, 0) is 55.0 Å². The van der Waals surface area contributed by atoms with Gasteiger partial charge >= 0.3 is 16.1 Å². The van der Waals surface area contributed by atoms with E-state index in [0.29, 0.717) is 5.56 Å². The van der Waals surface area contributed by atoms with Gasteiger partial charge in [0.2, 0.25) is 0 Å². The molecule has 0 aliphatic heterocycles. The standard InChI is InChI=1S/C25H20N2O7S/c1-16-7-10-19(11-8-16)35(31,32)34-22-12-9-17(14-23(22)33-2)13-18(15-26)24(28)27-21-6-4-3-5-20(21)25(29)30/h3-14H,1-2H3,(H,27,28)(H,29,30). The first-order chi connectivity index (χ1) is 16.6. The van der Waals surface area contributed by atoms with E-state index in [4.69, 9.17) is 8.92 Å². The maximum absolute atomic E-state index is 12.6. The molecular weight excluding hydrogens is 472 g/mol. The predicted molar refractivity (Wildman–Crippen MR) is 128 cm³/mol. The van der Waals surface area contributed by atoms with Crippen LogP contribution in [0.2, 0.25) is 0 Å². The lowest BCUT2D eigenvalue weighted by atomic mass is 10.1. The molecule has 0 aromatic heterocycles. The van der Waals surface area contributed by atoms with E-state index in [1.54, 1.807) is 24.3 Å². The zero-order valence-electron chi connectivity index (χ0n) is 18.7. The van der Waals surface area contributed by atoms with Gasteiger partial charge in [-0.15, -0.1) is 0 Å². The van der Waals surface area contributed by atoms with Gasteiger partial charge < -0.3 is 19.3 Å². The number of benzene rings is 3. The van der Waals surface area contributed by atoms with E-state index in [1.165, 1.54) is 61.7 Å². The number of nitrogens with one attached hydrogen (secondary N) is 1. The van der Waals surface area contributed by atoms with E-state index < -0.39 is 22.0 Å². The molecule has 35 heavy (non-hydrogen) atoms. The monoisotopic (exact) mass is 492 g/mol. The summed E-state index contributed by atoms with van der Waals surface area (Å²) in [6.45, 7) is 1.83. The van der Waals surface area contributed by atoms with Crippen LogP contribution >= 0.6 is 0 Å². The third-order valence-corrected chi connectivity index (χ3v) is 6.03. The second kappa shape index (κ2) is 10.5. The maximum Gasteiger partial charge on any atom is 0.339 e. The number of nitriles is 1. The number of methoxy groups -OCH3 is 1. The topological polar surface area (TPSA) is 143 Å². The average molecular weight is 493 g/mol. The second-order valence-electron chi connectivity index (χ2n) is 7.24. The molecule has 0 heterocycles. The number of aromatic carboxylic acids is 1. The maximum atomic E-state index is 12.6. The molecule has 0 radical (unpaired) electrons. The van der Waals surface area contributed by atoms with E-state index >= 15 is 0 Å². The molecule has 178 valence electrons. The number of hydrogen-bond donors (Lipinski definition) is 2. The minimum absolute atomic E-state index is 0.0285. The van der Waals surface area contributed by atoms with Crippen molar-refractivity contribution in [2.45, 2.75) is 11.8 Å². The van der Waals surface area contributed by atoms with E-state index in [0.717, 1.165) is 5.56 Å². The van der Waals surface area contributed by atoms with E-state index in [-0.39, 0.29) is 33.2 Å². The predicted octanol–water partition coefficient (Wildman–Crippen LogP) is 4.02. The number of para-hydroxylation sites is 1. The second-order valence-corrected chi connectivity index (χ2v) is 8.78. The van der Waals surface area contributed by atoms with Crippen LogP contribution in [-0.2, 0) is 14.9 Å². The van der Waals surface area contributed by atoms with E-state index in [1.807, 2.05) is 6.92 Å². The van der Waals surface area contributed by atoms with Gasteiger partial charge in [0, 0.05) is 0 Å². The van der Waals surface area contributed by atoms with E-state index in [9.17, 15) is 28.4 Å². The van der Waals surface area contributed by atoms with Gasteiger partial charge in [0.15, 0.2) is 11.5 Å². The number of nitrogens with zero attached hydrogens (tertiary/aromatic N) is 1. The molecule has 0 aliphatic carbocycles. The van der Waals surface area contributed by atoms with Crippen molar-refractivity contribution < 1.29 is 32.0 Å². The van der Waals surface area contributed by atoms with Gasteiger partial charge in [0.1, 0.15) is 16.5 Å². The lowest BCUT2D eigenvalue weighted by Crippen LogP contribution is -2.16. The van der Waals surface area contributed by atoms with Gasteiger partial charge in [-0.1, -0.05) is 35.9 Å². The van der Waals surface area contributed by atoms with Crippen molar-refractivity contribution in [3.8, 4) is 17.6 Å². The van der Waals surface area contributed by atoms with Crippen LogP contribution in [0.4, 0.5) is 5.69 Å². The summed E-state index contributed by atoms with van der Waals surface area (Å²) in [4.78, 5) is 23.9. The number of hydrogen-bond acceptors (Lipinski definition) is 7. The average Bonchev–Trinajstić information content (AvgIpc) is 2.83. The fourth-order valence-corrected chi connectivity index (χ4v) is 3.94. The molecule has 0 saturated heterocycles. The summed E-state index contributed by atoms with van der Waals surface area (Å²) in [7, 11) is -2.81. The Labute approximate surface area is 202 Å². The Kier molecular flexibility index (Phi) is 7.53. The van der Waals surface area contributed by atoms with Crippen molar-refractivity contribution in [2.75, 3.05) is 12.4 Å².